The number of fused-ring (bicyclic) bond motifs is 10. The lowest BCUT2D eigenvalue weighted by atomic mass is 9.80. The van der Waals surface area contributed by atoms with Gasteiger partial charge in [0.2, 0.25) is 0 Å². The van der Waals surface area contributed by atoms with E-state index in [0.717, 1.165) is 55.6 Å². The van der Waals surface area contributed by atoms with Crippen molar-refractivity contribution in [3.8, 4) is 135 Å². The maximum absolute atomic E-state index is 5.01. The van der Waals surface area contributed by atoms with Crippen LogP contribution < -0.4 is 0 Å². The molecular weight excluding hydrogens is 1190 g/mol. The molecule has 464 valence electrons. The van der Waals surface area contributed by atoms with Gasteiger partial charge in [0.15, 0.2) is 34.9 Å². The summed E-state index contributed by atoms with van der Waals surface area (Å²) in [5, 5.41) is 5.17. The van der Waals surface area contributed by atoms with Crippen molar-refractivity contribution in [2.75, 3.05) is 0 Å². The van der Waals surface area contributed by atoms with Gasteiger partial charge in [-0.2, -0.15) is 0 Å². The van der Waals surface area contributed by atoms with E-state index in [4.69, 9.17) is 29.9 Å². The second kappa shape index (κ2) is 24.4. The van der Waals surface area contributed by atoms with Crippen LogP contribution in [0.3, 0.4) is 0 Å². The molecule has 0 unspecified atom stereocenters. The fraction of sp³-hybridized carbons (Fsp3) is 0.0667. The Balaban J connectivity index is 0.000000147. The summed E-state index contributed by atoms with van der Waals surface area (Å²) < 4.78 is 0. The van der Waals surface area contributed by atoms with Crippen molar-refractivity contribution < 1.29 is 0 Å². The van der Waals surface area contributed by atoms with E-state index in [1.165, 1.54) is 88.3 Å². The van der Waals surface area contributed by atoms with E-state index in [2.05, 4.69) is 292 Å². The van der Waals surface area contributed by atoms with Gasteiger partial charge in [0, 0.05) is 69.0 Å². The standard InChI is InChI=1S/2C45H32N4/c1-45(2)39-16-8-15-36(40(39)38-26-25-31-12-6-7-14-37(31)41(38)45)32-19-23-34(24-20-32)43-47-42(48-44(49-43)35-13-9-27-46-28-35)33-21-17-30(18-22-33)29-10-4-3-5-11-29;1-45(2)38-14-8-13-37(40(38)41-36-12-7-6-11-31(36)23-24-39(41)45)32-17-21-34(22-18-32)43-47-42(48-44(49-43)35-25-27-46-28-26-35)33-19-15-30(16-20-33)29-9-4-3-5-10-29/h2*3-28H,1-2H3. The number of hydrogen-bond donors (Lipinski definition) is 0. The summed E-state index contributed by atoms with van der Waals surface area (Å²) in [7, 11) is 0. The van der Waals surface area contributed by atoms with E-state index >= 15 is 0 Å². The summed E-state index contributed by atoms with van der Waals surface area (Å²) in [5.74, 6) is 3.72. The first-order valence-corrected chi connectivity index (χ1v) is 33.3. The molecule has 8 nitrogen and oxygen atoms in total. The van der Waals surface area contributed by atoms with E-state index in [0.29, 0.717) is 34.9 Å². The highest BCUT2D eigenvalue weighted by Crippen LogP contribution is 2.56. The molecule has 4 heterocycles. The second-order valence-electron chi connectivity index (χ2n) is 26.3. The Hall–Kier alpha value is -12.5. The van der Waals surface area contributed by atoms with Crippen molar-refractivity contribution in [2.45, 2.75) is 38.5 Å². The number of pyridine rings is 2. The maximum Gasteiger partial charge on any atom is 0.165 e. The zero-order valence-corrected chi connectivity index (χ0v) is 54.6. The van der Waals surface area contributed by atoms with Crippen LogP contribution in [0.1, 0.15) is 49.9 Å². The van der Waals surface area contributed by atoms with Gasteiger partial charge in [0.1, 0.15) is 0 Å². The van der Waals surface area contributed by atoms with Gasteiger partial charge in [-0.1, -0.05) is 295 Å². The number of benzene rings is 12. The van der Waals surface area contributed by atoms with Gasteiger partial charge in [-0.15, -0.1) is 0 Å². The van der Waals surface area contributed by atoms with Gasteiger partial charge < -0.3 is 0 Å². The molecule has 8 heteroatoms. The summed E-state index contributed by atoms with van der Waals surface area (Å²) >= 11 is 0. The highest BCUT2D eigenvalue weighted by molar-refractivity contribution is 6.07. The minimum absolute atomic E-state index is 0.0887. The van der Waals surface area contributed by atoms with Gasteiger partial charge >= 0.3 is 0 Å². The topological polar surface area (TPSA) is 103 Å². The molecule has 0 spiro atoms. The van der Waals surface area contributed by atoms with Gasteiger partial charge in [-0.05, 0) is 135 Å². The predicted molar refractivity (Wildman–Crippen MR) is 400 cm³/mol. The van der Waals surface area contributed by atoms with Crippen LogP contribution in [0.15, 0.2) is 316 Å². The highest BCUT2D eigenvalue weighted by atomic mass is 15.0. The Morgan fingerprint density at radius 3 is 1.09 bits per heavy atom. The maximum atomic E-state index is 5.01. The Labute approximate surface area is 569 Å². The van der Waals surface area contributed by atoms with Gasteiger partial charge in [-0.25, -0.2) is 29.9 Å². The Morgan fingerprint density at radius 1 is 0.214 bits per heavy atom. The van der Waals surface area contributed by atoms with Crippen LogP contribution in [0.4, 0.5) is 0 Å². The lowest BCUT2D eigenvalue weighted by Gasteiger charge is -2.23. The number of nitrogens with zero attached hydrogens (tertiary/aromatic N) is 8. The Bertz CT molecular complexity index is 5680. The molecule has 0 N–H and O–H groups in total. The molecule has 16 aromatic rings. The van der Waals surface area contributed by atoms with E-state index in [9.17, 15) is 0 Å². The van der Waals surface area contributed by atoms with E-state index < -0.39 is 0 Å². The molecular formula is C90H64N8. The van der Waals surface area contributed by atoms with Crippen LogP contribution in [-0.2, 0) is 10.8 Å². The molecule has 0 saturated carbocycles. The number of hydrogen-bond acceptors (Lipinski definition) is 8. The van der Waals surface area contributed by atoms with Crippen molar-refractivity contribution in [1.82, 2.24) is 39.9 Å². The van der Waals surface area contributed by atoms with E-state index in [1.807, 2.05) is 36.4 Å². The molecule has 2 aliphatic carbocycles. The van der Waals surface area contributed by atoms with Crippen LogP contribution >= 0.6 is 0 Å². The second-order valence-corrected chi connectivity index (χ2v) is 26.3. The Morgan fingerprint density at radius 2 is 0.592 bits per heavy atom. The summed E-state index contributed by atoms with van der Waals surface area (Å²) in [5.41, 5.74) is 25.5. The van der Waals surface area contributed by atoms with Gasteiger partial charge in [-0.3, -0.25) is 9.97 Å². The molecule has 0 amide bonds. The lowest BCUT2D eigenvalue weighted by molar-refractivity contribution is 0.661. The zero-order valence-electron chi connectivity index (χ0n) is 54.6. The van der Waals surface area contributed by atoms with Crippen LogP contribution in [0.2, 0.25) is 0 Å². The molecule has 0 bridgehead atoms. The molecule has 98 heavy (non-hydrogen) atoms. The van der Waals surface area contributed by atoms with Crippen LogP contribution in [0, 0.1) is 0 Å². The first kappa shape index (κ1) is 59.2. The molecule has 4 aromatic heterocycles. The summed E-state index contributed by atoms with van der Waals surface area (Å²) in [6.45, 7) is 9.38. The van der Waals surface area contributed by atoms with Gasteiger partial charge in [0.05, 0.1) is 0 Å². The van der Waals surface area contributed by atoms with Crippen LogP contribution in [0.5, 0.6) is 0 Å². The van der Waals surface area contributed by atoms with E-state index in [-0.39, 0.29) is 10.8 Å². The third kappa shape index (κ3) is 10.6. The number of aromatic nitrogens is 8. The first-order chi connectivity index (χ1) is 48.1. The van der Waals surface area contributed by atoms with Crippen molar-refractivity contribution in [3.63, 3.8) is 0 Å². The fourth-order valence-electron chi connectivity index (χ4n) is 14.7. The third-order valence-electron chi connectivity index (χ3n) is 19.7. The molecule has 2 aliphatic rings. The number of rotatable bonds is 10. The SMILES string of the molecule is CC1(C)c2cccc(-c3ccc(-c4nc(-c5ccc(-c6ccccc6)cc5)nc(-c5cccnc5)n4)cc3)c2-c2ccc3ccccc3c21.CC1(C)c2cccc(-c3ccc(-c4nc(-c5ccncc5)nc(-c5ccc(-c6ccccc6)cc5)n4)cc3)c2-c2c1ccc1ccccc21. The average molecular weight is 1260 g/mol. The van der Waals surface area contributed by atoms with Crippen LogP contribution in [-0.4, -0.2) is 39.9 Å². The lowest BCUT2D eigenvalue weighted by Crippen LogP contribution is -2.15. The average Bonchev–Trinajstić information content (AvgIpc) is 1.56. The molecule has 0 atom stereocenters. The van der Waals surface area contributed by atoms with Gasteiger partial charge in [0.25, 0.3) is 0 Å². The quantitative estimate of drug-likeness (QED) is 0.133. The third-order valence-corrected chi connectivity index (χ3v) is 19.7. The predicted octanol–water partition coefficient (Wildman–Crippen LogP) is 22.1. The fourth-order valence-corrected chi connectivity index (χ4v) is 14.7. The largest absolute Gasteiger partial charge is 0.265 e. The van der Waals surface area contributed by atoms with Crippen LogP contribution in [0.25, 0.3) is 157 Å². The summed E-state index contributed by atoms with van der Waals surface area (Å²) in [6.07, 6.45) is 7.09. The summed E-state index contributed by atoms with van der Waals surface area (Å²) in [6, 6.07) is 103. The normalized spacial score (nSPS) is 12.9. The van der Waals surface area contributed by atoms with Crippen molar-refractivity contribution in [1.29, 1.82) is 0 Å². The van der Waals surface area contributed by atoms with Crippen molar-refractivity contribution in [3.05, 3.63) is 338 Å². The monoisotopic (exact) mass is 1260 g/mol. The molecule has 0 fully saturated rings. The van der Waals surface area contributed by atoms with E-state index in [1.54, 1.807) is 24.8 Å². The molecule has 18 rings (SSSR count). The summed E-state index contributed by atoms with van der Waals surface area (Å²) in [4.78, 5) is 38.2. The first-order valence-electron chi connectivity index (χ1n) is 33.3. The minimum Gasteiger partial charge on any atom is -0.265 e. The smallest absolute Gasteiger partial charge is 0.165 e. The highest BCUT2D eigenvalue weighted by Gasteiger charge is 2.39. The molecule has 12 aromatic carbocycles. The molecule has 0 radical (unpaired) electrons. The minimum atomic E-state index is -0.106. The molecule has 0 saturated heterocycles. The molecule has 0 aliphatic heterocycles. The zero-order chi connectivity index (χ0) is 65.9. The van der Waals surface area contributed by atoms with Crippen molar-refractivity contribution >= 4 is 21.5 Å². The Kier molecular flexibility index (Phi) is 14.7. The van der Waals surface area contributed by atoms with Crippen molar-refractivity contribution in [2.24, 2.45) is 0 Å².